The van der Waals surface area contributed by atoms with E-state index < -0.39 is 105 Å². The van der Waals surface area contributed by atoms with Crippen molar-refractivity contribution in [3.05, 3.63) is 59.7 Å². The van der Waals surface area contributed by atoms with Crippen LogP contribution in [0.1, 0.15) is 61.9 Å². The van der Waals surface area contributed by atoms with Gasteiger partial charge in [0.15, 0.2) is 12.3 Å². The summed E-state index contributed by atoms with van der Waals surface area (Å²) in [4.78, 5) is 90.7. The van der Waals surface area contributed by atoms with Gasteiger partial charge in [0.2, 0.25) is 23.6 Å². The third-order valence-corrected chi connectivity index (χ3v) is 9.21. The maximum Gasteiger partial charge on any atom is 0.472 e. The van der Waals surface area contributed by atoms with Gasteiger partial charge in [-0.2, -0.15) is 0 Å². The van der Waals surface area contributed by atoms with Gasteiger partial charge in [-0.05, 0) is 74.4 Å². The van der Waals surface area contributed by atoms with Crippen LogP contribution < -0.4 is 49.1 Å². The lowest BCUT2D eigenvalue weighted by Gasteiger charge is -2.30. The van der Waals surface area contributed by atoms with E-state index in [0.29, 0.717) is 19.4 Å². The van der Waals surface area contributed by atoms with Crippen LogP contribution in [0.2, 0.25) is 0 Å². The zero-order valence-corrected chi connectivity index (χ0v) is 34.1. The summed E-state index contributed by atoms with van der Waals surface area (Å²) in [5.74, 6) is -6.50. The fourth-order valence-corrected chi connectivity index (χ4v) is 5.73. The molecule has 0 aromatic heterocycles. The van der Waals surface area contributed by atoms with Crippen LogP contribution in [0.15, 0.2) is 48.5 Å². The molecule has 0 radical (unpaired) electrons. The van der Waals surface area contributed by atoms with Gasteiger partial charge in [-0.1, -0.05) is 49.7 Å². The summed E-state index contributed by atoms with van der Waals surface area (Å²) in [5.41, 5.74) is 20.4. The molecule has 0 saturated carbocycles. The molecule has 22 heteroatoms. The van der Waals surface area contributed by atoms with E-state index in [4.69, 9.17) is 27.2 Å². The molecule has 330 valence electrons. The quantitative estimate of drug-likeness (QED) is 0.0255. The molecule has 0 aliphatic heterocycles. The minimum absolute atomic E-state index is 0.104. The van der Waals surface area contributed by atoms with Crippen molar-refractivity contribution < 1.29 is 53.8 Å². The van der Waals surface area contributed by atoms with Gasteiger partial charge in [-0.25, -0.2) is 0 Å². The molecule has 6 atom stereocenters. The highest BCUT2D eigenvalue weighted by molar-refractivity contribution is 6.41. The molecule has 1 unspecified atom stereocenters. The van der Waals surface area contributed by atoms with Crippen LogP contribution in [0.4, 0.5) is 0 Å². The Bertz CT molecular complexity index is 1730. The second kappa shape index (κ2) is 25.9. The molecule has 0 spiro atoms. The monoisotopic (exact) mass is 842 g/mol. The first-order valence-electron chi connectivity index (χ1n) is 19.5. The molecule has 0 saturated heterocycles. The number of likely N-dealkylation sites (N-methyl/N-ethyl adjacent to an activating group) is 1. The molecule has 0 bridgehead atoms. The Morgan fingerprint density at radius 2 is 1.32 bits per heavy atom. The van der Waals surface area contributed by atoms with Crippen molar-refractivity contribution in [1.29, 1.82) is 0 Å². The molecule has 2 rings (SSSR count). The zero-order chi connectivity index (χ0) is 44.9. The number of rotatable bonds is 25. The molecule has 2 aromatic rings. The highest BCUT2D eigenvalue weighted by Crippen LogP contribution is 2.21. The van der Waals surface area contributed by atoms with E-state index in [1.807, 2.05) is 12.1 Å². The number of carbonyl (C=O) groups is 7. The fraction of sp³-hybridized carbons (Fsp3) is 0.500. The Balaban J connectivity index is 1.93. The van der Waals surface area contributed by atoms with Crippen LogP contribution in [-0.2, 0) is 35.2 Å². The fourth-order valence-electron chi connectivity index (χ4n) is 5.73. The molecule has 7 amide bonds. The van der Waals surface area contributed by atoms with Crippen LogP contribution in [0.25, 0.3) is 11.1 Å². The highest BCUT2D eigenvalue weighted by Gasteiger charge is 2.34. The van der Waals surface area contributed by atoms with Gasteiger partial charge in [0.05, 0.1) is 25.7 Å². The number of unbranched alkanes of at least 4 members (excludes halogenated alkanes) is 2. The second-order valence-corrected chi connectivity index (χ2v) is 14.0. The molecule has 0 fully saturated rings. The molecule has 16 N–H and O–H groups in total. The summed E-state index contributed by atoms with van der Waals surface area (Å²) in [7, 11) is -0.718. The number of nitrogens with zero attached hydrogens (tertiary/aromatic N) is 1. The smallest absolute Gasteiger partial charge is 0.426 e. The van der Waals surface area contributed by atoms with Gasteiger partial charge in [0.25, 0.3) is 17.7 Å². The number of nitrogens with two attached hydrogens (primary N) is 3. The number of benzene rings is 2. The molecule has 0 aliphatic carbocycles. The van der Waals surface area contributed by atoms with Crippen LogP contribution in [0.3, 0.4) is 0 Å². The lowest BCUT2D eigenvalue weighted by molar-refractivity contribution is -0.144. The summed E-state index contributed by atoms with van der Waals surface area (Å²) in [5, 5.41) is 51.8. The predicted octanol–water partition coefficient (Wildman–Crippen LogP) is -4.35. The first-order chi connectivity index (χ1) is 28.4. The topological polar surface area (TPSA) is 354 Å². The summed E-state index contributed by atoms with van der Waals surface area (Å²) in [6.07, 6.45) is -1.35. The summed E-state index contributed by atoms with van der Waals surface area (Å²) < 4.78 is 0. The van der Waals surface area contributed by atoms with Crippen molar-refractivity contribution in [2.75, 3.05) is 33.2 Å². The van der Waals surface area contributed by atoms with Crippen LogP contribution >= 0.6 is 0 Å². The molecule has 0 aliphatic rings. The average molecular weight is 843 g/mol. The van der Waals surface area contributed by atoms with Crippen LogP contribution in [-0.4, -0.2) is 143 Å². The second-order valence-electron chi connectivity index (χ2n) is 14.0. The number of carbonyl (C=O) groups excluding carboxylic acids is 7. The van der Waals surface area contributed by atoms with E-state index in [1.165, 1.54) is 12.5 Å². The third-order valence-electron chi connectivity index (χ3n) is 9.21. The van der Waals surface area contributed by atoms with E-state index >= 15 is 0 Å². The Labute approximate surface area is 348 Å². The standard InChI is InChI=1S/C38H59BN10O11/c1-4-5-8-23-10-12-24(13-11-23)25-14-16-26(17-15-25)33(53)46-28(20-50)35(55)47-31(41)37(57)43-19-29(52)49(3)30(22(2)51)36(56)48-32(42)38(58)45-27(9-6-7-18-40)34(54)44-21-39(59)60/h10-17,22,27-28,30-32,50-51,59-60H,4-9,18-21,40-42H2,1-3H3,(H,43,57)(H,44,54)(H,45,58)(H,46,53)(H,47,55)(H,48,56)/t22?,27-,28+,30-,31-,32+/m0/s1. The van der Waals surface area contributed by atoms with E-state index in [-0.39, 0.29) is 12.0 Å². The van der Waals surface area contributed by atoms with Crippen LogP contribution in [0, 0.1) is 0 Å². The first kappa shape index (κ1) is 50.7. The normalized spacial score (nSPS) is 13.9. The number of hydrogen-bond acceptors (Lipinski definition) is 14. The summed E-state index contributed by atoms with van der Waals surface area (Å²) >= 11 is 0. The average Bonchev–Trinajstić information content (AvgIpc) is 3.22. The number of amides is 7. The van der Waals surface area contributed by atoms with E-state index in [0.717, 1.165) is 42.3 Å². The van der Waals surface area contributed by atoms with Crippen molar-refractivity contribution >= 4 is 48.5 Å². The molecular formula is C38H59BN10O11. The van der Waals surface area contributed by atoms with Crippen molar-refractivity contribution in [1.82, 2.24) is 36.8 Å². The number of hydrogen-bond donors (Lipinski definition) is 13. The molecule has 60 heavy (non-hydrogen) atoms. The largest absolute Gasteiger partial charge is 0.472 e. The van der Waals surface area contributed by atoms with E-state index in [2.05, 4.69) is 51.0 Å². The summed E-state index contributed by atoms with van der Waals surface area (Å²) in [6, 6.07) is 10.4. The van der Waals surface area contributed by atoms with E-state index in [1.54, 1.807) is 24.3 Å². The van der Waals surface area contributed by atoms with Gasteiger partial charge in [0, 0.05) is 12.6 Å². The lowest BCUT2D eigenvalue weighted by atomic mass is 9.92. The number of aryl methyl sites for hydroxylation is 1. The van der Waals surface area contributed by atoms with Crippen molar-refractivity contribution in [3.8, 4) is 11.1 Å². The number of aliphatic hydroxyl groups is 2. The highest BCUT2D eigenvalue weighted by atomic mass is 16.4. The van der Waals surface area contributed by atoms with Gasteiger partial charge >= 0.3 is 7.12 Å². The molecular weight excluding hydrogens is 783 g/mol. The predicted molar refractivity (Wildman–Crippen MR) is 220 cm³/mol. The van der Waals surface area contributed by atoms with Gasteiger partial charge < -0.3 is 74.3 Å². The molecule has 2 aromatic carbocycles. The van der Waals surface area contributed by atoms with Gasteiger partial charge in [-0.3, -0.25) is 33.6 Å². The van der Waals surface area contributed by atoms with Gasteiger partial charge in [-0.15, -0.1) is 0 Å². The Kier molecular flexibility index (Phi) is 21.9. The Morgan fingerprint density at radius 1 is 0.733 bits per heavy atom. The van der Waals surface area contributed by atoms with Crippen molar-refractivity contribution in [2.24, 2.45) is 17.2 Å². The minimum Gasteiger partial charge on any atom is -0.426 e. The maximum absolute atomic E-state index is 13.1. The third kappa shape index (κ3) is 16.6. The van der Waals surface area contributed by atoms with E-state index in [9.17, 15) is 43.8 Å². The Hall–Kier alpha value is -5.49. The molecule has 0 heterocycles. The minimum atomic E-state index is -1.84. The van der Waals surface area contributed by atoms with Crippen molar-refractivity contribution in [2.45, 2.75) is 88.9 Å². The summed E-state index contributed by atoms with van der Waals surface area (Å²) in [6.45, 7) is 2.00. The number of nitrogens with one attached hydrogen (secondary N) is 6. The Morgan fingerprint density at radius 3 is 1.87 bits per heavy atom. The molecule has 21 nitrogen and oxygen atoms in total. The van der Waals surface area contributed by atoms with Crippen molar-refractivity contribution in [3.63, 3.8) is 0 Å². The SMILES string of the molecule is CCCCc1ccc(-c2ccc(C(=O)N[C@H](CO)C(=O)N[C@H](N)C(=O)NCC(=O)N(C)[C@H](C(=O)N[C@@H](N)C(=O)N[C@@H](CCCCN)C(=O)NCB(O)O)C(C)O)cc2)cc1. The van der Waals surface area contributed by atoms with Crippen LogP contribution in [0.5, 0.6) is 0 Å². The maximum atomic E-state index is 13.1. The first-order valence-corrected chi connectivity index (χ1v) is 19.5. The lowest BCUT2D eigenvalue weighted by Crippen LogP contribution is -2.62. The van der Waals surface area contributed by atoms with Gasteiger partial charge in [0.1, 0.15) is 18.1 Å². The zero-order valence-electron chi connectivity index (χ0n) is 34.1. The number of aliphatic hydroxyl groups excluding tert-OH is 2.